The van der Waals surface area contributed by atoms with Gasteiger partial charge in [-0.05, 0) is 36.8 Å². The molecule has 2 amide bonds. The molecule has 0 saturated heterocycles. The van der Waals surface area contributed by atoms with Crippen molar-refractivity contribution in [2.45, 2.75) is 26.2 Å². The van der Waals surface area contributed by atoms with E-state index in [9.17, 15) is 9.59 Å². The molecule has 0 bridgehead atoms. The molecule has 2 aromatic heterocycles. The van der Waals surface area contributed by atoms with Crippen molar-refractivity contribution in [3.05, 3.63) is 36.3 Å². The first-order chi connectivity index (χ1) is 11.4. The van der Waals surface area contributed by atoms with E-state index in [1.807, 2.05) is 0 Å². The van der Waals surface area contributed by atoms with Gasteiger partial charge in [0.1, 0.15) is 9.34 Å². The molecule has 3 rings (SSSR count). The Hall–Kier alpha value is -1.08. The van der Waals surface area contributed by atoms with E-state index in [0.717, 1.165) is 36.2 Å². The van der Waals surface area contributed by atoms with E-state index in [1.54, 1.807) is 13.1 Å². The molecule has 2 aromatic rings. The van der Waals surface area contributed by atoms with Crippen molar-refractivity contribution in [2.24, 2.45) is 5.92 Å². The predicted octanol–water partition coefficient (Wildman–Crippen LogP) is 4.85. The zero-order chi connectivity index (χ0) is 17.4. The number of anilines is 1. The van der Waals surface area contributed by atoms with E-state index in [4.69, 9.17) is 23.2 Å². The van der Waals surface area contributed by atoms with Crippen LogP contribution in [-0.2, 0) is 12.8 Å². The van der Waals surface area contributed by atoms with Crippen LogP contribution in [0.2, 0.25) is 8.67 Å². The predicted molar refractivity (Wildman–Crippen MR) is 101 cm³/mol. The van der Waals surface area contributed by atoms with E-state index in [2.05, 4.69) is 17.6 Å². The second-order valence-corrected chi connectivity index (χ2v) is 9.22. The molecule has 1 aliphatic rings. The summed E-state index contributed by atoms with van der Waals surface area (Å²) in [5, 5.41) is 6.10. The first kappa shape index (κ1) is 17.7. The zero-order valence-corrected chi connectivity index (χ0v) is 16.3. The lowest BCUT2D eigenvalue weighted by atomic mass is 9.88. The second-order valence-electron chi connectivity index (χ2n) is 5.83. The number of thiophene rings is 2. The third-order valence-corrected chi connectivity index (χ3v) is 6.75. The van der Waals surface area contributed by atoms with Gasteiger partial charge in [0.25, 0.3) is 11.8 Å². The Morgan fingerprint density at radius 2 is 2.00 bits per heavy atom. The fourth-order valence-electron chi connectivity index (χ4n) is 2.87. The lowest BCUT2D eigenvalue weighted by molar-refractivity contribution is 0.0963. The van der Waals surface area contributed by atoms with Crippen LogP contribution in [0, 0.1) is 5.92 Å². The molecule has 8 heteroatoms. The van der Waals surface area contributed by atoms with Crippen molar-refractivity contribution in [1.82, 2.24) is 5.32 Å². The van der Waals surface area contributed by atoms with Crippen molar-refractivity contribution >= 4 is 62.7 Å². The molecule has 2 heterocycles. The second kappa shape index (κ2) is 7.04. The van der Waals surface area contributed by atoms with E-state index in [1.165, 1.54) is 16.2 Å². The summed E-state index contributed by atoms with van der Waals surface area (Å²) in [4.78, 5) is 26.0. The van der Waals surface area contributed by atoms with E-state index < -0.39 is 0 Å². The van der Waals surface area contributed by atoms with Gasteiger partial charge < -0.3 is 10.6 Å². The minimum atomic E-state index is -0.347. The Balaban J connectivity index is 1.96. The molecule has 0 radical (unpaired) electrons. The number of hydrogen-bond acceptors (Lipinski definition) is 4. The Kier molecular flexibility index (Phi) is 5.20. The SMILES string of the molecule is CNC(=O)c1c(NC(=O)c2cc(Cl)sc2Cl)sc2c1CC[C@H](C)C2. The van der Waals surface area contributed by atoms with Gasteiger partial charge in [0.15, 0.2) is 0 Å². The summed E-state index contributed by atoms with van der Waals surface area (Å²) < 4.78 is 0.796. The average molecular weight is 403 g/mol. The number of rotatable bonds is 3. The molecule has 0 aliphatic heterocycles. The largest absolute Gasteiger partial charge is 0.355 e. The molecular weight excluding hydrogens is 387 g/mol. The Labute approximate surface area is 158 Å². The van der Waals surface area contributed by atoms with Gasteiger partial charge in [-0.2, -0.15) is 0 Å². The Bertz CT molecular complexity index is 813. The molecule has 0 unspecified atom stereocenters. The maximum Gasteiger partial charge on any atom is 0.258 e. The van der Waals surface area contributed by atoms with Gasteiger partial charge in [-0.1, -0.05) is 30.1 Å². The molecule has 0 aromatic carbocycles. The van der Waals surface area contributed by atoms with E-state index in [0.29, 0.717) is 30.7 Å². The molecule has 24 heavy (non-hydrogen) atoms. The topological polar surface area (TPSA) is 58.2 Å². The van der Waals surface area contributed by atoms with Crippen LogP contribution in [0.3, 0.4) is 0 Å². The summed E-state index contributed by atoms with van der Waals surface area (Å²) in [6, 6.07) is 1.54. The molecule has 0 saturated carbocycles. The summed E-state index contributed by atoms with van der Waals surface area (Å²) in [6.45, 7) is 2.20. The minimum Gasteiger partial charge on any atom is -0.355 e. The van der Waals surface area contributed by atoms with Crippen molar-refractivity contribution < 1.29 is 9.59 Å². The third-order valence-electron chi connectivity index (χ3n) is 4.09. The molecule has 1 aliphatic carbocycles. The molecule has 4 nitrogen and oxygen atoms in total. The Morgan fingerprint density at radius 1 is 1.25 bits per heavy atom. The lowest BCUT2D eigenvalue weighted by Crippen LogP contribution is -2.22. The highest BCUT2D eigenvalue weighted by atomic mass is 35.5. The van der Waals surface area contributed by atoms with Gasteiger partial charge in [-0.25, -0.2) is 0 Å². The fraction of sp³-hybridized carbons (Fsp3) is 0.375. The molecule has 2 N–H and O–H groups in total. The number of carbonyl (C=O) groups is 2. The highest BCUT2D eigenvalue weighted by molar-refractivity contribution is 7.20. The highest BCUT2D eigenvalue weighted by Crippen LogP contribution is 2.40. The quantitative estimate of drug-likeness (QED) is 0.770. The number of hydrogen-bond donors (Lipinski definition) is 2. The maximum atomic E-state index is 12.5. The summed E-state index contributed by atoms with van der Waals surface area (Å²) in [5.74, 6) is 0.0640. The van der Waals surface area contributed by atoms with E-state index in [-0.39, 0.29) is 11.8 Å². The van der Waals surface area contributed by atoms with Gasteiger partial charge in [-0.3, -0.25) is 9.59 Å². The van der Waals surface area contributed by atoms with Gasteiger partial charge in [0, 0.05) is 11.9 Å². The van der Waals surface area contributed by atoms with Crippen LogP contribution in [0.4, 0.5) is 5.00 Å². The van der Waals surface area contributed by atoms with Crippen LogP contribution < -0.4 is 10.6 Å². The molecular formula is C16H16Cl2N2O2S2. The van der Waals surface area contributed by atoms with Crippen LogP contribution >= 0.6 is 45.9 Å². The first-order valence-electron chi connectivity index (χ1n) is 7.53. The van der Waals surface area contributed by atoms with Gasteiger partial charge in [-0.15, -0.1) is 22.7 Å². The summed E-state index contributed by atoms with van der Waals surface area (Å²) in [7, 11) is 1.60. The normalized spacial score (nSPS) is 16.6. The van der Waals surface area contributed by atoms with E-state index >= 15 is 0 Å². The fourth-order valence-corrected chi connectivity index (χ4v) is 5.73. The number of halogens is 2. The van der Waals surface area contributed by atoms with Crippen LogP contribution in [0.25, 0.3) is 0 Å². The van der Waals surface area contributed by atoms with Crippen molar-refractivity contribution in [3.63, 3.8) is 0 Å². The monoisotopic (exact) mass is 402 g/mol. The Morgan fingerprint density at radius 3 is 2.62 bits per heavy atom. The molecule has 0 spiro atoms. The number of amides is 2. The average Bonchev–Trinajstić information content (AvgIpc) is 3.05. The van der Waals surface area contributed by atoms with Crippen LogP contribution in [-0.4, -0.2) is 18.9 Å². The van der Waals surface area contributed by atoms with Crippen molar-refractivity contribution in [1.29, 1.82) is 0 Å². The number of carbonyl (C=O) groups excluding carboxylic acids is 2. The van der Waals surface area contributed by atoms with Crippen molar-refractivity contribution in [3.8, 4) is 0 Å². The first-order valence-corrected chi connectivity index (χ1v) is 9.92. The van der Waals surface area contributed by atoms with Crippen molar-refractivity contribution in [2.75, 3.05) is 12.4 Å². The minimum absolute atomic E-state index is 0.174. The van der Waals surface area contributed by atoms with Crippen LogP contribution in [0.5, 0.6) is 0 Å². The highest BCUT2D eigenvalue weighted by Gasteiger charge is 2.28. The van der Waals surface area contributed by atoms with Crippen LogP contribution in [0.15, 0.2) is 6.07 Å². The molecule has 1 atom stereocenters. The molecule has 128 valence electrons. The summed E-state index contributed by atoms with van der Waals surface area (Å²) in [5.41, 5.74) is 1.96. The summed E-state index contributed by atoms with van der Waals surface area (Å²) in [6.07, 6.45) is 2.84. The maximum absolute atomic E-state index is 12.5. The smallest absolute Gasteiger partial charge is 0.258 e. The van der Waals surface area contributed by atoms with Crippen LogP contribution in [0.1, 0.15) is 44.5 Å². The van der Waals surface area contributed by atoms with Gasteiger partial charge in [0.2, 0.25) is 0 Å². The van der Waals surface area contributed by atoms with Gasteiger partial charge >= 0.3 is 0 Å². The lowest BCUT2D eigenvalue weighted by Gasteiger charge is -2.18. The number of nitrogens with one attached hydrogen (secondary N) is 2. The van der Waals surface area contributed by atoms with Gasteiger partial charge in [0.05, 0.1) is 15.5 Å². The zero-order valence-electron chi connectivity index (χ0n) is 13.2. The molecule has 0 fully saturated rings. The number of fused-ring (bicyclic) bond motifs is 1. The summed E-state index contributed by atoms with van der Waals surface area (Å²) >= 11 is 14.6. The third kappa shape index (κ3) is 3.33. The standard InChI is InChI=1S/C16H16Cl2N2O2S2/c1-7-3-4-8-10(5-7)23-16(12(8)15(22)19-2)20-14(21)9-6-11(17)24-13(9)18/h6-7H,3-5H2,1-2H3,(H,19,22)(H,20,21)/t7-/m0/s1.